The number of carbonyl (C=O) groups excluding carboxylic acids is 1. The Kier molecular flexibility index (Phi) is 15.8. The van der Waals surface area contributed by atoms with E-state index in [9.17, 15) is 10.2 Å². The fourth-order valence-corrected chi connectivity index (χ4v) is 11.8. The van der Waals surface area contributed by atoms with Gasteiger partial charge in [-0.1, -0.05) is 48.5 Å². The van der Waals surface area contributed by atoms with E-state index in [0.29, 0.717) is 62.9 Å². The highest BCUT2D eigenvalue weighted by Gasteiger charge is 2.37. The van der Waals surface area contributed by atoms with Crippen LogP contribution in [-0.4, -0.2) is 198 Å². The molecule has 0 bridgehead atoms. The van der Waals surface area contributed by atoms with Crippen molar-refractivity contribution < 1.29 is 24.5 Å². The van der Waals surface area contributed by atoms with Gasteiger partial charge in [0.1, 0.15) is 23.0 Å². The van der Waals surface area contributed by atoms with Gasteiger partial charge in [-0.2, -0.15) is 9.97 Å². The van der Waals surface area contributed by atoms with Crippen LogP contribution in [-0.2, 0) is 35.4 Å². The van der Waals surface area contributed by atoms with E-state index in [4.69, 9.17) is 29.4 Å². The Bertz CT molecular complexity index is 2220. The predicted octanol–water partition coefficient (Wildman–Crippen LogP) is 3.54. The maximum atomic E-state index is 15.1. The van der Waals surface area contributed by atoms with Crippen molar-refractivity contribution in [1.29, 1.82) is 0 Å². The molecule has 6 aliphatic heterocycles. The molecule has 376 valence electrons. The highest BCUT2D eigenvalue weighted by molar-refractivity contribution is 6.07. The zero-order valence-corrected chi connectivity index (χ0v) is 41.3. The Labute approximate surface area is 413 Å². The summed E-state index contributed by atoms with van der Waals surface area (Å²) in [7, 11) is 3.48. The number of β-amino-alcohol motifs (C(OH)–C–C–N with tert-alkyl or cyclic N) is 2. The first-order valence-corrected chi connectivity index (χ1v) is 26.0. The number of carbonyl (C=O) groups is 1. The van der Waals surface area contributed by atoms with Crippen LogP contribution in [0.4, 0.5) is 23.5 Å². The number of anilines is 4. The number of aliphatic hydroxyl groups is 2. The summed E-state index contributed by atoms with van der Waals surface area (Å²) >= 11 is 0. The average Bonchev–Trinajstić information content (AvgIpc) is 3.39. The van der Waals surface area contributed by atoms with E-state index >= 15 is 4.79 Å². The van der Waals surface area contributed by atoms with Gasteiger partial charge in [-0.15, -0.1) is 0 Å². The van der Waals surface area contributed by atoms with Crippen LogP contribution >= 0.6 is 0 Å². The lowest BCUT2D eigenvalue weighted by molar-refractivity contribution is 0.0291. The van der Waals surface area contributed by atoms with E-state index in [-0.39, 0.29) is 41.3 Å². The molecule has 8 heterocycles. The number of fused-ring (bicyclic) bond motifs is 2. The first-order chi connectivity index (χ1) is 34.3. The van der Waals surface area contributed by atoms with E-state index < -0.39 is 12.2 Å². The molecule has 0 radical (unpaired) electrons. The number of likely N-dealkylation sites (tertiary alicyclic amines) is 2. The topological polar surface area (TPSA) is 171 Å². The minimum atomic E-state index is -0.620. The van der Waals surface area contributed by atoms with Crippen molar-refractivity contribution >= 4 is 29.3 Å². The molecule has 17 nitrogen and oxygen atoms in total. The van der Waals surface area contributed by atoms with Crippen molar-refractivity contribution in [1.82, 2.24) is 39.5 Å². The second kappa shape index (κ2) is 22.7. The van der Waals surface area contributed by atoms with Crippen LogP contribution in [0.25, 0.3) is 0 Å². The number of aromatic nitrogens is 4. The number of methoxy groups -OCH3 is 2. The number of hydrogen-bond acceptors (Lipinski definition) is 17. The number of nitrogens with one attached hydrogen (secondary N) is 2. The largest absolute Gasteiger partial charge is 0.390 e. The lowest BCUT2D eigenvalue weighted by Crippen LogP contribution is -2.55. The predicted molar refractivity (Wildman–Crippen MR) is 272 cm³/mol. The average molecular weight is 959 g/mol. The summed E-state index contributed by atoms with van der Waals surface area (Å²) in [4.78, 5) is 49.0. The summed E-state index contributed by atoms with van der Waals surface area (Å²) in [6, 6.07) is 21.1. The zero-order chi connectivity index (χ0) is 48.0. The second-order valence-electron chi connectivity index (χ2n) is 20.4. The van der Waals surface area contributed by atoms with E-state index in [0.717, 1.165) is 117 Å². The van der Waals surface area contributed by atoms with Crippen LogP contribution in [0, 0.1) is 0 Å². The third kappa shape index (κ3) is 11.6. The summed E-state index contributed by atoms with van der Waals surface area (Å²) in [5.74, 6) is 1.70. The molecule has 4 N–H and O–H groups in total. The highest BCUT2D eigenvalue weighted by Crippen LogP contribution is 2.31. The molecular weight excluding hydrogens is 885 g/mol. The molecule has 4 saturated heterocycles. The number of piperidine rings is 4. The molecular formula is C53H74N12O5. The zero-order valence-electron chi connectivity index (χ0n) is 41.3. The molecule has 2 aromatic heterocycles. The van der Waals surface area contributed by atoms with Crippen molar-refractivity contribution in [2.24, 2.45) is 0 Å². The summed E-state index contributed by atoms with van der Waals surface area (Å²) < 4.78 is 10.7. The summed E-state index contributed by atoms with van der Waals surface area (Å²) in [6.45, 7) is 12.4. The quantitative estimate of drug-likeness (QED) is 0.120. The van der Waals surface area contributed by atoms with Gasteiger partial charge in [0, 0.05) is 142 Å². The molecule has 70 heavy (non-hydrogen) atoms. The van der Waals surface area contributed by atoms with Crippen LogP contribution in [0.3, 0.4) is 0 Å². The number of benzene rings is 2. The molecule has 6 aliphatic rings. The minimum absolute atomic E-state index is 0.0124. The minimum Gasteiger partial charge on any atom is -0.390 e. The molecule has 2 aromatic carbocycles. The Hall–Kier alpha value is -4.85. The summed E-state index contributed by atoms with van der Waals surface area (Å²) in [6.07, 6.45) is 5.91. The molecule has 4 atom stereocenters. The van der Waals surface area contributed by atoms with Crippen molar-refractivity contribution in [3.63, 3.8) is 0 Å². The van der Waals surface area contributed by atoms with E-state index in [1.807, 2.05) is 9.80 Å². The summed E-state index contributed by atoms with van der Waals surface area (Å²) in [5, 5.41) is 31.0. The third-order valence-corrected chi connectivity index (χ3v) is 15.9. The molecule has 0 unspecified atom stereocenters. The third-order valence-electron chi connectivity index (χ3n) is 15.9. The van der Waals surface area contributed by atoms with Crippen LogP contribution in [0.15, 0.2) is 60.7 Å². The van der Waals surface area contributed by atoms with Crippen molar-refractivity contribution in [2.45, 2.75) is 101 Å². The van der Waals surface area contributed by atoms with Crippen LogP contribution in [0.1, 0.15) is 77.0 Å². The van der Waals surface area contributed by atoms with Gasteiger partial charge in [0.05, 0.1) is 25.4 Å². The monoisotopic (exact) mass is 959 g/mol. The van der Waals surface area contributed by atoms with Gasteiger partial charge in [0.2, 0.25) is 17.7 Å². The van der Waals surface area contributed by atoms with Crippen molar-refractivity contribution in [3.8, 4) is 0 Å². The highest BCUT2D eigenvalue weighted by atomic mass is 16.5. The van der Waals surface area contributed by atoms with Gasteiger partial charge >= 0.3 is 0 Å². The second-order valence-corrected chi connectivity index (χ2v) is 20.4. The smallest absolute Gasteiger partial charge is 0.230 e. The van der Waals surface area contributed by atoms with Crippen molar-refractivity contribution in [2.75, 3.05) is 126 Å². The standard InChI is InChI=1S/C53H74N12O5/c1-69-29-27-60-19-13-41(14-20-60)54-49-31-43(56-52(58-49)64-25-17-45(47(66)35-64)62-23-11-37-7-3-5-9-39(37)33-62)51(68)44-32-50(55-42-15-21-61(22-16-42)28-30-70-2)59-53(57-44)65-26-18-46(48(67)36-65)63-24-12-38-8-4-6-10-40(38)34-63/h3-10,31-32,41-42,45-48,66-67H,11-30,33-36H2,1-2H3,(H,54,56,58)(H,55,57,59)/t45-,46-,47-,48-/m1/s1. The molecule has 0 amide bonds. The molecule has 4 fully saturated rings. The fourth-order valence-electron chi connectivity index (χ4n) is 11.8. The van der Waals surface area contributed by atoms with E-state index in [1.165, 1.54) is 22.3 Å². The molecule has 0 saturated carbocycles. The van der Waals surface area contributed by atoms with Crippen LogP contribution in [0.2, 0.25) is 0 Å². The lowest BCUT2D eigenvalue weighted by atomic mass is 9.94. The first-order valence-electron chi connectivity index (χ1n) is 26.0. The number of rotatable bonds is 16. The summed E-state index contributed by atoms with van der Waals surface area (Å²) in [5.41, 5.74) is 5.91. The van der Waals surface area contributed by atoms with Gasteiger partial charge < -0.3 is 49.9 Å². The van der Waals surface area contributed by atoms with Gasteiger partial charge in [0.25, 0.3) is 0 Å². The van der Waals surface area contributed by atoms with Gasteiger partial charge in [-0.25, -0.2) is 9.97 Å². The first kappa shape index (κ1) is 48.8. The fraction of sp³-hybridized carbons (Fsp3) is 0.604. The maximum absolute atomic E-state index is 15.1. The number of hydrogen-bond donors (Lipinski definition) is 4. The Morgan fingerprint density at radius 3 is 1.39 bits per heavy atom. The lowest BCUT2D eigenvalue weighted by Gasteiger charge is -2.43. The molecule has 17 heteroatoms. The molecule has 10 rings (SSSR count). The van der Waals surface area contributed by atoms with Crippen molar-refractivity contribution in [3.05, 3.63) is 94.3 Å². The SMILES string of the molecule is COCCN1CCC(Nc2cc(C(=O)c3cc(NC4CCN(CCOC)CC4)nc(N4CC[C@@H](N5CCc6ccccc6C5)[C@H](O)C4)n3)nc(N3CC[C@@H](N4CCc5ccccc5C4)[C@H](O)C3)n2)CC1. The maximum Gasteiger partial charge on any atom is 0.230 e. The van der Waals surface area contributed by atoms with Gasteiger partial charge in [-0.3, -0.25) is 14.6 Å². The molecule has 4 aromatic rings. The van der Waals surface area contributed by atoms with Crippen LogP contribution < -0.4 is 20.4 Å². The van der Waals surface area contributed by atoms with E-state index in [1.54, 1.807) is 26.4 Å². The Morgan fingerprint density at radius 1 is 0.571 bits per heavy atom. The normalized spacial score (nSPS) is 24.6. The Balaban J connectivity index is 0.908. The molecule has 0 aliphatic carbocycles. The van der Waals surface area contributed by atoms with Gasteiger partial charge in [0.15, 0.2) is 0 Å². The number of nitrogens with zero attached hydrogens (tertiary/aromatic N) is 10. The molecule has 0 spiro atoms. The van der Waals surface area contributed by atoms with Gasteiger partial charge in [-0.05, 0) is 73.6 Å². The number of ketones is 1. The van der Waals surface area contributed by atoms with Crippen LogP contribution in [0.5, 0.6) is 0 Å². The number of ether oxygens (including phenoxy) is 2. The number of aliphatic hydroxyl groups excluding tert-OH is 2. The Morgan fingerprint density at radius 2 is 0.986 bits per heavy atom. The van der Waals surface area contributed by atoms with E-state index in [2.05, 4.69) is 78.8 Å².